The smallest absolute Gasteiger partial charge is 0.251 e. The Balaban J connectivity index is 1.34. The molecule has 1 amide bonds. The van der Waals surface area contributed by atoms with Crippen LogP contribution < -0.4 is 21.3 Å². The minimum atomic E-state index is -0.0299. The molecule has 1 aromatic carbocycles. The first-order valence-corrected chi connectivity index (χ1v) is 11.5. The summed E-state index contributed by atoms with van der Waals surface area (Å²) in [5, 5.41) is 12.8. The predicted octanol–water partition coefficient (Wildman–Crippen LogP) is 3.48. The minimum absolute atomic E-state index is 0.0299. The van der Waals surface area contributed by atoms with Gasteiger partial charge in [-0.1, -0.05) is 6.58 Å². The van der Waals surface area contributed by atoms with Gasteiger partial charge in [-0.3, -0.25) is 4.79 Å². The van der Waals surface area contributed by atoms with E-state index in [0.717, 1.165) is 43.0 Å². The van der Waals surface area contributed by atoms with E-state index < -0.39 is 0 Å². The van der Waals surface area contributed by atoms with Crippen molar-refractivity contribution in [1.29, 1.82) is 0 Å². The summed E-state index contributed by atoms with van der Waals surface area (Å²) >= 11 is 0. The van der Waals surface area contributed by atoms with Crippen LogP contribution in [0.4, 0.5) is 17.5 Å². The van der Waals surface area contributed by atoms with Crippen LogP contribution in [-0.2, 0) is 0 Å². The quantitative estimate of drug-likeness (QED) is 0.437. The van der Waals surface area contributed by atoms with E-state index in [1.54, 1.807) is 6.20 Å². The van der Waals surface area contributed by atoms with E-state index in [9.17, 15) is 4.79 Å². The number of likely N-dealkylation sites (tertiary alicyclic amines) is 1. The van der Waals surface area contributed by atoms with Crippen LogP contribution in [0.2, 0.25) is 0 Å². The minimum Gasteiger partial charge on any atom is -0.375 e. The maximum atomic E-state index is 12.6. The van der Waals surface area contributed by atoms with Gasteiger partial charge < -0.3 is 26.2 Å². The molecule has 4 rings (SSSR count). The van der Waals surface area contributed by atoms with Crippen LogP contribution in [0.5, 0.6) is 0 Å². The highest BCUT2D eigenvalue weighted by atomic mass is 16.1. The average Bonchev–Trinajstić information content (AvgIpc) is 3.66. The lowest BCUT2D eigenvalue weighted by Crippen LogP contribution is -2.43. The summed E-state index contributed by atoms with van der Waals surface area (Å²) in [4.78, 5) is 23.7. The summed E-state index contributed by atoms with van der Waals surface area (Å²) in [6.45, 7) is 6.18. The van der Waals surface area contributed by atoms with Gasteiger partial charge in [0.05, 0.1) is 0 Å². The van der Waals surface area contributed by atoms with Crippen molar-refractivity contribution in [2.24, 2.45) is 5.92 Å². The van der Waals surface area contributed by atoms with Gasteiger partial charge in [0.1, 0.15) is 11.6 Å². The van der Waals surface area contributed by atoms with E-state index in [1.165, 1.54) is 12.8 Å². The molecule has 174 valence electrons. The number of aromatic nitrogens is 2. The molecule has 1 saturated carbocycles. The van der Waals surface area contributed by atoms with Crippen molar-refractivity contribution >= 4 is 23.4 Å². The number of rotatable bonds is 9. The Hall–Kier alpha value is -3.39. The number of amides is 1. The Morgan fingerprint density at radius 3 is 2.52 bits per heavy atom. The summed E-state index contributed by atoms with van der Waals surface area (Å²) in [5.41, 5.74) is 2.59. The lowest BCUT2D eigenvalue weighted by atomic mass is 10.0. The average molecular weight is 448 g/mol. The van der Waals surface area contributed by atoms with Crippen molar-refractivity contribution in [1.82, 2.24) is 25.5 Å². The highest BCUT2D eigenvalue weighted by molar-refractivity contribution is 5.94. The summed E-state index contributed by atoms with van der Waals surface area (Å²) in [6.07, 6.45) is 8.14. The van der Waals surface area contributed by atoms with Crippen molar-refractivity contribution in [2.75, 3.05) is 37.8 Å². The van der Waals surface area contributed by atoms with Crippen LogP contribution in [0.1, 0.15) is 36.0 Å². The van der Waals surface area contributed by atoms with Gasteiger partial charge in [-0.25, -0.2) is 4.98 Å². The van der Waals surface area contributed by atoms with Crippen LogP contribution in [0.15, 0.2) is 60.6 Å². The highest BCUT2D eigenvalue weighted by Gasteiger charge is 2.23. The number of anilines is 3. The summed E-state index contributed by atoms with van der Waals surface area (Å²) < 4.78 is 0. The number of benzene rings is 1. The fourth-order valence-electron chi connectivity index (χ4n) is 3.81. The molecule has 1 saturated heterocycles. The molecule has 1 aliphatic heterocycles. The van der Waals surface area contributed by atoms with E-state index in [0.29, 0.717) is 23.2 Å². The van der Waals surface area contributed by atoms with Gasteiger partial charge in [0, 0.05) is 30.5 Å². The zero-order chi connectivity index (χ0) is 23.2. The Kier molecular flexibility index (Phi) is 7.24. The number of piperidine rings is 1. The predicted molar refractivity (Wildman–Crippen MR) is 132 cm³/mol. The second-order valence-electron chi connectivity index (χ2n) is 8.80. The van der Waals surface area contributed by atoms with Crippen molar-refractivity contribution in [3.8, 4) is 0 Å². The first-order valence-electron chi connectivity index (χ1n) is 11.5. The molecule has 0 radical (unpaired) electrons. The topological polar surface area (TPSA) is 94.2 Å². The third kappa shape index (κ3) is 6.55. The molecular weight excluding hydrogens is 414 g/mol. The van der Waals surface area contributed by atoms with Gasteiger partial charge in [0.2, 0.25) is 5.95 Å². The number of carbonyl (C=O) groups excluding carboxylic acids is 1. The van der Waals surface area contributed by atoms with Crippen LogP contribution in [0.3, 0.4) is 0 Å². The Morgan fingerprint density at radius 2 is 1.85 bits per heavy atom. The van der Waals surface area contributed by atoms with Gasteiger partial charge in [-0.15, -0.1) is 0 Å². The Labute approximate surface area is 195 Å². The second-order valence-corrected chi connectivity index (χ2v) is 8.80. The molecular formula is C25H33N7O. The normalized spacial score (nSPS) is 17.3. The molecule has 1 aliphatic carbocycles. The van der Waals surface area contributed by atoms with E-state index in [1.807, 2.05) is 43.5 Å². The second kappa shape index (κ2) is 10.5. The molecule has 33 heavy (non-hydrogen) atoms. The molecule has 8 nitrogen and oxygen atoms in total. The molecule has 2 aromatic rings. The Bertz CT molecular complexity index is 1010. The molecule has 2 fully saturated rings. The van der Waals surface area contributed by atoms with E-state index >= 15 is 0 Å². The van der Waals surface area contributed by atoms with E-state index in [2.05, 4.69) is 49.8 Å². The molecule has 4 N–H and O–H groups in total. The number of nitrogens with zero attached hydrogens (tertiary/aromatic N) is 3. The third-order valence-electron chi connectivity index (χ3n) is 6.08. The lowest BCUT2D eigenvalue weighted by molar-refractivity contribution is 0.0917. The molecule has 8 heteroatoms. The standard InChI is InChI=1S/C25H33N7O/c1-17(18-4-5-18)16-23(26-2)30-22-10-13-27-25(31-22)29-20-8-6-19(7-9-20)24(33)28-21-11-14-32(3)15-12-21/h6-10,13,16,18,21,26H,1,4-5,11-12,14-15H2,2-3H3,(H,28,33)(H2,27,29,30,31)/b23-16+. The first kappa shape index (κ1) is 22.8. The summed E-state index contributed by atoms with van der Waals surface area (Å²) in [7, 11) is 3.98. The maximum absolute atomic E-state index is 12.6. The van der Waals surface area contributed by atoms with Crippen LogP contribution >= 0.6 is 0 Å². The first-order chi connectivity index (χ1) is 16.0. The number of allylic oxidation sites excluding steroid dienone is 2. The number of nitrogens with one attached hydrogen (secondary N) is 4. The SMILES string of the molecule is C=C(/C=C(\NC)Nc1ccnc(Nc2ccc(C(=O)NC3CCN(C)CC3)cc2)n1)C1CC1. The lowest BCUT2D eigenvalue weighted by Gasteiger charge is -2.29. The Morgan fingerprint density at radius 1 is 1.12 bits per heavy atom. The monoisotopic (exact) mass is 447 g/mol. The van der Waals surface area contributed by atoms with Gasteiger partial charge in [0.15, 0.2) is 0 Å². The van der Waals surface area contributed by atoms with E-state index in [-0.39, 0.29) is 11.9 Å². The van der Waals surface area contributed by atoms with Crippen LogP contribution in [0.25, 0.3) is 0 Å². The molecule has 0 bridgehead atoms. The van der Waals surface area contributed by atoms with Gasteiger partial charge in [-0.2, -0.15) is 4.98 Å². The maximum Gasteiger partial charge on any atom is 0.251 e. The molecule has 2 heterocycles. The van der Waals surface area contributed by atoms with Crippen LogP contribution in [0, 0.1) is 5.92 Å². The van der Waals surface area contributed by atoms with Crippen LogP contribution in [-0.4, -0.2) is 54.0 Å². The van der Waals surface area contributed by atoms with Gasteiger partial charge in [-0.05, 0) is 93.7 Å². The zero-order valence-electron chi connectivity index (χ0n) is 19.4. The molecule has 2 aliphatic rings. The number of hydrogen-bond acceptors (Lipinski definition) is 7. The van der Waals surface area contributed by atoms with Gasteiger partial charge >= 0.3 is 0 Å². The molecule has 0 spiro atoms. The van der Waals surface area contributed by atoms with Crippen molar-refractivity contribution in [3.63, 3.8) is 0 Å². The largest absolute Gasteiger partial charge is 0.375 e. The number of carbonyl (C=O) groups is 1. The molecule has 0 unspecified atom stereocenters. The molecule has 0 atom stereocenters. The summed E-state index contributed by atoms with van der Waals surface area (Å²) in [6, 6.07) is 9.43. The zero-order valence-corrected chi connectivity index (χ0v) is 19.4. The summed E-state index contributed by atoms with van der Waals surface area (Å²) in [5.74, 6) is 2.56. The van der Waals surface area contributed by atoms with Crippen molar-refractivity contribution in [3.05, 3.63) is 66.1 Å². The fourth-order valence-corrected chi connectivity index (χ4v) is 3.81. The highest BCUT2D eigenvalue weighted by Crippen LogP contribution is 2.36. The molecule has 1 aromatic heterocycles. The van der Waals surface area contributed by atoms with Gasteiger partial charge in [0.25, 0.3) is 5.91 Å². The third-order valence-corrected chi connectivity index (χ3v) is 6.08. The number of hydrogen-bond donors (Lipinski definition) is 4. The fraction of sp³-hybridized carbons (Fsp3) is 0.400. The van der Waals surface area contributed by atoms with E-state index in [4.69, 9.17) is 0 Å². The van der Waals surface area contributed by atoms with Crippen molar-refractivity contribution in [2.45, 2.75) is 31.7 Å². The van der Waals surface area contributed by atoms with Crippen molar-refractivity contribution < 1.29 is 4.79 Å².